The number of aryl methyl sites for hydroxylation is 1. The molecular formula is C18H20O2. The average Bonchev–Trinajstić information content (AvgIpc) is 2.54. The summed E-state index contributed by atoms with van der Waals surface area (Å²) in [6.07, 6.45) is 2.70. The summed E-state index contributed by atoms with van der Waals surface area (Å²) in [6, 6.07) is 16.0. The van der Waals surface area contributed by atoms with Crippen molar-refractivity contribution in [1.29, 1.82) is 0 Å². The van der Waals surface area contributed by atoms with Crippen LogP contribution < -0.4 is 4.74 Å². The number of hydrogen-bond donors (Lipinski definition) is 1. The largest absolute Gasteiger partial charge is 0.493 e. The predicted molar refractivity (Wildman–Crippen MR) is 80.0 cm³/mol. The third-order valence-electron chi connectivity index (χ3n) is 4.14. The molecule has 0 spiro atoms. The molecule has 0 saturated heterocycles. The van der Waals surface area contributed by atoms with Crippen molar-refractivity contribution in [2.45, 2.75) is 31.8 Å². The smallest absolute Gasteiger partial charge is 0.128 e. The van der Waals surface area contributed by atoms with Crippen molar-refractivity contribution < 1.29 is 9.84 Å². The van der Waals surface area contributed by atoms with Gasteiger partial charge in [0.1, 0.15) is 11.4 Å². The molecule has 2 heteroatoms. The van der Waals surface area contributed by atoms with Gasteiger partial charge in [0, 0.05) is 5.56 Å². The van der Waals surface area contributed by atoms with Crippen LogP contribution in [0.3, 0.4) is 0 Å². The van der Waals surface area contributed by atoms with E-state index in [0.717, 1.165) is 36.3 Å². The maximum absolute atomic E-state index is 11.2. The van der Waals surface area contributed by atoms with Crippen LogP contribution in [0.4, 0.5) is 0 Å². The lowest BCUT2D eigenvalue weighted by Gasteiger charge is -2.32. The second kappa shape index (κ2) is 5.29. The number of ether oxygens (including phenoxy) is 1. The van der Waals surface area contributed by atoms with E-state index in [9.17, 15) is 5.11 Å². The Balaban J connectivity index is 2.15. The van der Waals surface area contributed by atoms with E-state index < -0.39 is 5.60 Å². The molecule has 1 heterocycles. The Morgan fingerprint density at radius 2 is 1.90 bits per heavy atom. The molecule has 0 bridgehead atoms. The second-order valence-electron chi connectivity index (χ2n) is 5.33. The minimum atomic E-state index is -0.982. The third-order valence-corrected chi connectivity index (χ3v) is 4.14. The van der Waals surface area contributed by atoms with Crippen LogP contribution in [0.5, 0.6) is 5.75 Å². The first-order valence-corrected chi connectivity index (χ1v) is 7.29. The molecule has 3 rings (SSSR count). The van der Waals surface area contributed by atoms with Gasteiger partial charge in [-0.05, 0) is 30.4 Å². The molecule has 1 unspecified atom stereocenters. The summed E-state index contributed by atoms with van der Waals surface area (Å²) < 4.78 is 5.86. The van der Waals surface area contributed by atoms with Crippen LogP contribution in [0, 0.1) is 0 Å². The van der Waals surface area contributed by atoms with E-state index in [-0.39, 0.29) is 0 Å². The Morgan fingerprint density at radius 3 is 2.65 bits per heavy atom. The minimum Gasteiger partial charge on any atom is -0.493 e. The van der Waals surface area contributed by atoms with Gasteiger partial charge >= 0.3 is 0 Å². The third kappa shape index (κ3) is 2.10. The number of benzene rings is 2. The Hall–Kier alpha value is -1.80. The van der Waals surface area contributed by atoms with Crippen molar-refractivity contribution in [3.63, 3.8) is 0 Å². The molecule has 2 nitrogen and oxygen atoms in total. The van der Waals surface area contributed by atoms with Gasteiger partial charge in [-0.25, -0.2) is 0 Å². The monoisotopic (exact) mass is 268 g/mol. The fraction of sp³-hybridized carbons (Fsp3) is 0.333. The van der Waals surface area contributed by atoms with Gasteiger partial charge in [-0.3, -0.25) is 0 Å². The lowest BCUT2D eigenvalue weighted by Crippen LogP contribution is -2.28. The van der Waals surface area contributed by atoms with Crippen LogP contribution in [0.2, 0.25) is 0 Å². The van der Waals surface area contributed by atoms with E-state index >= 15 is 0 Å². The topological polar surface area (TPSA) is 29.5 Å². The zero-order valence-electron chi connectivity index (χ0n) is 11.8. The van der Waals surface area contributed by atoms with Gasteiger partial charge in [0.25, 0.3) is 0 Å². The zero-order chi connectivity index (χ0) is 14.0. The fourth-order valence-corrected chi connectivity index (χ4v) is 2.98. The molecule has 0 aromatic heterocycles. The number of rotatable bonds is 3. The first kappa shape index (κ1) is 13.2. The Morgan fingerprint density at radius 1 is 1.10 bits per heavy atom. The highest BCUT2D eigenvalue weighted by molar-refractivity contribution is 5.49. The SMILES string of the molecule is CCC(O)(c1ccccc1)c1cccc2c1OCCC2. The fourth-order valence-electron chi connectivity index (χ4n) is 2.98. The van der Waals surface area contributed by atoms with Crippen LogP contribution in [0.15, 0.2) is 48.5 Å². The standard InChI is InChI=1S/C18H20O2/c1-2-18(19,15-10-4-3-5-11-15)16-12-6-8-14-9-7-13-20-17(14)16/h3-6,8,10-12,19H,2,7,9,13H2,1H3. The first-order valence-electron chi connectivity index (χ1n) is 7.29. The van der Waals surface area contributed by atoms with Crippen molar-refractivity contribution in [3.8, 4) is 5.75 Å². The van der Waals surface area contributed by atoms with Crippen LogP contribution in [0.25, 0.3) is 0 Å². The van der Waals surface area contributed by atoms with Crippen molar-refractivity contribution in [1.82, 2.24) is 0 Å². The maximum atomic E-state index is 11.2. The summed E-state index contributed by atoms with van der Waals surface area (Å²) in [6.45, 7) is 2.74. The molecule has 2 aromatic carbocycles. The lowest BCUT2D eigenvalue weighted by atomic mass is 9.82. The molecule has 104 valence electrons. The highest BCUT2D eigenvalue weighted by Gasteiger charge is 2.33. The van der Waals surface area contributed by atoms with Crippen LogP contribution in [0.1, 0.15) is 36.5 Å². The van der Waals surface area contributed by atoms with E-state index in [1.807, 2.05) is 49.4 Å². The molecule has 1 N–H and O–H groups in total. The van der Waals surface area contributed by atoms with Gasteiger partial charge in [0.15, 0.2) is 0 Å². The average molecular weight is 268 g/mol. The van der Waals surface area contributed by atoms with Gasteiger partial charge in [-0.15, -0.1) is 0 Å². The number of para-hydroxylation sites is 1. The van der Waals surface area contributed by atoms with Gasteiger partial charge in [-0.2, -0.15) is 0 Å². The van der Waals surface area contributed by atoms with E-state index in [4.69, 9.17) is 4.74 Å². The molecule has 1 aliphatic heterocycles. The summed E-state index contributed by atoms with van der Waals surface area (Å²) in [5.41, 5.74) is 2.04. The summed E-state index contributed by atoms with van der Waals surface area (Å²) in [5, 5.41) is 11.2. The molecule has 0 amide bonds. The summed E-state index contributed by atoms with van der Waals surface area (Å²) >= 11 is 0. The zero-order valence-corrected chi connectivity index (χ0v) is 11.8. The molecule has 1 aliphatic rings. The summed E-state index contributed by atoms with van der Waals surface area (Å²) in [5.74, 6) is 0.881. The summed E-state index contributed by atoms with van der Waals surface area (Å²) in [4.78, 5) is 0. The van der Waals surface area contributed by atoms with Crippen molar-refractivity contribution in [2.24, 2.45) is 0 Å². The van der Waals surface area contributed by atoms with E-state index in [1.165, 1.54) is 5.56 Å². The van der Waals surface area contributed by atoms with Crippen molar-refractivity contribution in [3.05, 3.63) is 65.2 Å². The maximum Gasteiger partial charge on any atom is 0.128 e. The van der Waals surface area contributed by atoms with E-state index in [0.29, 0.717) is 6.42 Å². The van der Waals surface area contributed by atoms with Crippen molar-refractivity contribution in [2.75, 3.05) is 6.61 Å². The normalized spacial score (nSPS) is 16.9. The molecule has 0 radical (unpaired) electrons. The number of hydrogen-bond acceptors (Lipinski definition) is 2. The molecule has 0 aliphatic carbocycles. The van der Waals surface area contributed by atoms with E-state index in [2.05, 4.69) is 6.07 Å². The first-order chi connectivity index (χ1) is 9.75. The highest BCUT2D eigenvalue weighted by atomic mass is 16.5. The van der Waals surface area contributed by atoms with Crippen LogP contribution in [-0.4, -0.2) is 11.7 Å². The Bertz CT molecular complexity index is 592. The number of fused-ring (bicyclic) bond motifs is 1. The molecule has 0 saturated carbocycles. The van der Waals surface area contributed by atoms with Crippen LogP contribution >= 0.6 is 0 Å². The molecule has 1 atom stereocenters. The van der Waals surface area contributed by atoms with E-state index in [1.54, 1.807) is 0 Å². The van der Waals surface area contributed by atoms with Crippen molar-refractivity contribution >= 4 is 0 Å². The van der Waals surface area contributed by atoms with Gasteiger partial charge < -0.3 is 9.84 Å². The quantitative estimate of drug-likeness (QED) is 0.920. The molecule has 2 aromatic rings. The molecule has 20 heavy (non-hydrogen) atoms. The van der Waals surface area contributed by atoms with Gasteiger partial charge in [0.05, 0.1) is 6.61 Å². The number of aliphatic hydroxyl groups is 1. The molecular weight excluding hydrogens is 248 g/mol. The second-order valence-corrected chi connectivity index (χ2v) is 5.33. The van der Waals surface area contributed by atoms with Gasteiger partial charge in [-0.1, -0.05) is 55.5 Å². The minimum absolute atomic E-state index is 0.622. The lowest BCUT2D eigenvalue weighted by molar-refractivity contribution is 0.0719. The highest BCUT2D eigenvalue weighted by Crippen LogP contribution is 2.41. The predicted octanol–water partition coefficient (Wildman–Crippen LogP) is 3.66. The van der Waals surface area contributed by atoms with Gasteiger partial charge in [0.2, 0.25) is 0 Å². The summed E-state index contributed by atoms with van der Waals surface area (Å²) in [7, 11) is 0. The molecule has 0 fully saturated rings. The Labute approximate surface area is 120 Å². The van der Waals surface area contributed by atoms with Crippen LogP contribution in [-0.2, 0) is 12.0 Å². The Kier molecular flexibility index (Phi) is 3.49.